The van der Waals surface area contributed by atoms with Crippen LogP contribution in [0.2, 0.25) is 10.0 Å². The fraction of sp³-hybridized carbons (Fsp3) is 0.333. The molecule has 29 heavy (non-hydrogen) atoms. The summed E-state index contributed by atoms with van der Waals surface area (Å²) >= 11 is 12.0. The molecular weight excluding hydrogens is 452 g/mol. The van der Waals surface area contributed by atoms with Gasteiger partial charge in [-0.05, 0) is 56.1 Å². The minimum absolute atomic E-state index is 0.168. The highest BCUT2D eigenvalue weighted by Crippen LogP contribution is 2.32. The molecule has 11 heteroatoms. The maximum absolute atomic E-state index is 13.1. The Bertz CT molecular complexity index is 952. The van der Waals surface area contributed by atoms with E-state index >= 15 is 0 Å². The number of rotatable bonds is 7. The molecule has 0 spiro atoms. The average Bonchev–Trinajstić information content (AvgIpc) is 2.60. The van der Waals surface area contributed by atoms with Crippen LogP contribution in [0, 0.1) is 0 Å². The van der Waals surface area contributed by atoms with Gasteiger partial charge in [0.2, 0.25) is 10.0 Å². The van der Waals surface area contributed by atoms with Gasteiger partial charge in [-0.1, -0.05) is 29.3 Å². The van der Waals surface area contributed by atoms with Crippen molar-refractivity contribution in [1.82, 2.24) is 9.21 Å². The fourth-order valence-electron chi connectivity index (χ4n) is 2.64. The maximum Gasteiger partial charge on any atom is 0.573 e. The monoisotopic (exact) mass is 470 g/mol. The SMILES string of the molecule is CN(C)CC(c1ccc(Cl)c(Cl)c1)N(C)S(=O)(=O)c1ccc(OC(F)(F)F)cc1. The van der Waals surface area contributed by atoms with Gasteiger partial charge in [-0.15, -0.1) is 13.2 Å². The number of benzene rings is 2. The molecule has 2 rings (SSSR count). The fourth-order valence-corrected chi connectivity index (χ4v) is 4.29. The van der Waals surface area contributed by atoms with Crippen molar-refractivity contribution in [3.63, 3.8) is 0 Å². The quantitative estimate of drug-likeness (QED) is 0.582. The number of likely N-dealkylation sites (N-methyl/N-ethyl adjacent to an activating group) is 2. The molecule has 0 saturated carbocycles. The lowest BCUT2D eigenvalue weighted by molar-refractivity contribution is -0.274. The molecule has 2 aromatic carbocycles. The van der Waals surface area contributed by atoms with Gasteiger partial charge in [0.15, 0.2) is 0 Å². The second kappa shape index (κ2) is 9.09. The van der Waals surface area contributed by atoms with E-state index in [4.69, 9.17) is 23.2 Å². The third-order valence-corrected chi connectivity index (χ3v) is 6.66. The molecule has 0 aliphatic heterocycles. The van der Waals surface area contributed by atoms with Crippen LogP contribution in [0.25, 0.3) is 0 Å². The lowest BCUT2D eigenvalue weighted by Gasteiger charge is -2.30. The molecule has 0 N–H and O–H groups in total. The molecule has 0 amide bonds. The first kappa shape index (κ1) is 23.8. The topological polar surface area (TPSA) is 49.9 Å². The summed E-state index contributed by atoms with van der Waals surface area (Å²) in [6.07, 6.45) is -4.86. The highest BCUT2D eigenvalue weighted by atomic mass is 35.5. The van der Waals surface area contributed by atoms with Gasteiger partial charge in [-0.2, -0.15) is 4.31 Å². The van der Waals surface area contributed by atoms with Crippen molar-refractivity contribution in [1.29, 1.82) is 0 Å². The average molecular weight is 471 g/mol. The molecule has 5 nitrogen and oxygen atoms in total. The van der Waals surface area contributed by atoms with Crippen LogP contribution < -0.4 is 4.74 Å². The van der Waals surface area contributed by atoms with Gasteiger partial charge in [-0.25, -0.2) is 8.42 Å². The lowest BCUT2D eigenvalue weighted by Crippen LogP contribution is -2.37. The largest absolute Gasteiger partial charge is 0.573 e. The van der Waals surface area contributed by atoms with Crippen molar-refractivity contribution in [2.24, 2.45) is 0 Å². The van der Waals surface area contributed by atoms with Gasteiger partial charge < -0.3 is 9.64 Å². The number of hydrogen-bond acceptors (Lipinski definition) is 4. The van der Waals surface area contributed by atoms with E-state index < -0.39 is 28.2 Å². The molecule has 0 heterocycles. The van der Waals surface area contributed by atoms with Crippen LogP contribution in [0.4, 0.5) is 13.2 Å². The first-order valence-electron chi connectivity index (χ1n) is 8.25. The first-order chi connectivity index (χ1) is 13.3. The number of ether oxygens (including phenoxy) is 1. The maximum atomic E-state index is 13.1. The predicted octanol–water partition coefficient (Wildman–Crippen LogP) is 4.82. The molecule has 0 bridgehead atoms. The summed E-state index contributed by atoms with van der Waals surface area (Å²) in [6, 6.07) is 8.26. The van der Waals surface area contributed by atoms with Crippen LogP contribution in [0.3, 0.4) is 0 Å². The number of halogens is 5. The van der Waals surface area contributed by atoms with E-state index in [1.807, 2.05) is 0 Å². The minimum Gasteiger partial charge on any atom is -0.406 e. The molecule has 0 aliphatic rings. The van der Waals surface area contributed by atoms with Gasteiger partial charge in [0.05, 0.1) is 21.0 Å². The zero-order valence-corrected chi connectivity index (χ0v) is 18.1. The zero-order chi connectivity index (χ0) is 22.0. The van der Waals surface area contributed by atoms with Gasteiger partial charge in [0.1, 0.15) is 5.75 Å². The van der Waals surface area contributed by atoms with Crippen LogP contribution in [-0.2, 0) is 10.0 Å². The molecule has 160 valence electrons. The summed E-state index contributed by atoms with van der Waals surface area (Å²) in [7, 11) is 0.945. The molecule has 2 aromatic rings. The van der Waals surface area contributed by atoms with Crippen LogP contribution >= 0.6 is 23.2 Å². The highest BCUT2D eigenvalue weighted by molar-refractivity contribution is 7.89. The Kier molecular flexibility index (Phi) is 7.45. The summed E-state index contributed by atoms with van der Waals surface area (Å²) in [5.41, 5.74) is 0.621. The molecular formula is C18H19Cl2F3N2O3S. The van der Waals surface area contributed by atoms with Crippen molar-refractivity contribution in [2.45, 2.75) is 17.3 Å². The molecule has 1 unspecified atom stereocenters. The Morgan fingerprint density at radius 1 is 1.00 bits per heavy atom. The van der Waals surface area contributed by atoms with Crippen molar-refractivity contribution in [3.05, 3.63) is 58.1 Å². The normalized spacial score (nSPS) is 13.7. The van der Waals surface area contributed by atoms with E-state index in [9.17, 15) is 21.6 Å². The Hall–Kier alpha value is -1.52. The second-order valence-electron chi connectivity index (χ2n) is 6.49. The van der Waals surface area contributed by atoms with Gasteiger partial charge >= 0.3 is 6.36 Å². The molecule has 0 aromatic heterocycles. The minimum atomic E-state index is -4.86. The van der Waals surface area contributed by atoms with Crippen LogP contribution in [0.15, 0.2) is 47.4 Å². The Balaban J connectivity index is 2.38. The van der Waals surface area contributed by atoms with Crippen LogP contribution in [0.5, 0.6) is 5.75 Å². The summed E-state index contributed by atoms with van der Waals surface area (Å²) < 4.78 is 68.0. The molecule has 0 radical (unpaired) electrons. The molecule has 1 atom stereocenters. The van der Waals surface area contributed by atoms with Gasteiger partial charge in [0, 0.05) is 13.6 Å². The molecule has 0 saturated heterocycles. The van der Waals surface area contributed by atoms with E-state index in [2.05, 4.69) is 4.74 Å². The lowest BCUT2D eigenvalue weighted by atomic mass is 10.1. The van der Waals surface area contributed by atoms with Crippen molar-refractivity contribution >= 4 is 33.2 Å². The second-order valence-corrected chi connectivity index (χ2v) is 9.30. The Morgan fingerprint density at radius 3 is 2.07 bits per heavy atom. The summed E-state index contributed by atoms with van der Waals surface area (Å²) in [4.78, 5) is 1.64. The van der Waals surface area contributed by atoms with E-state index in [1.54, 1.807) is 37.2 Å². The Morgan fingerprint density at radius 2 is 1.59 bits per heavy atom. The first-order valence-corrected chi connectivity index (χ1v) is 10.4. The predicted molar refractivity (Wildman–Crippen MR) is 106 cm³/mol. The number of alkyl halides is 3. The molecule has 0 fully saturated rings. The number of hydrogen-bond donors (Lipinski definition) is 0. The van der Waals surface area contributed by atoms with E-state index in [1.165, 1.54) is 7.05 Å². The van der Waals surface area contributed by atoms with Crippen molar-refractivity contribution in [2.75, 3.05) is 27.7 Å². The molecule has 0 aliphatic carbocycles. The van der Waals surface area contributed by atoms with E-state index in [0.29, 0.717) is 17.1 Å². The van der Waals surface area contributed by atoms with Crippen LogP contribution in [0.1, 0.15) is 11.6 Å². The van der Waals surface area contributed by atoms with Crippen molar-refractivity contribution < 1.29 is 26.3 Å². The Labute approximate surface area is 177 Å². The zero-order valence-electron chi connectivity index (χ0n) is 15.7. The third kappa shape index (κ3) is 6.23. The van der Waals surface area contributed by atoms with Crippen molar-refractivity contribution in [3.8, 4) is 5.75 Å². The summed E-state index contributed by atoms with van der Waals surface area (Å²) in [5.74, 6) is -0.506. The van der Waals surface area contributed by atoms with Crippen LogP contribution in [-0.4, -0.2) is 51.7 Å². The van der Waals surface area contributed by atoms with E-state index in [-0.39, 0.29) is 9.92 Å². The number of sulfonamides is 1. The van der Waals surface area contributed by atoms with Gasteiger partial charge in [-0.3, -0.25) is 0 Å². The number of nitrogens with zero attached hydrogens (tertiary/aromatic N) is 2. The van der Waals surface area contributed by atoms with Gasteiger partial charge in [0.25, 0.3) is 0 Å². The standard InChI is InChI=1S/C18H19Cl2F3N2O3S/c1-24(2)11-17(12-4-9-15(19)16(20)10-12)25(3)29(26,27)14-7-5-13(6-8-14)28-18(21,22)23/h4-10,17H,11H2,1-3H3. The summed E-state index contributed by atoms with van der Waals surface area (Å²) in [5, 5.41) is 0.622. The smallest absolute Gasteiger partial charge is 0.406 e. The van der Waals surface area contributed by atoms with E-state index in [0.717, 1.165) is 28.6 Å². The third-order valence-electron chi connectivity index (χ3n) is 4.04. The summed E-state index contributed by atoms with van der Waals surface area (Å²) in [6.45, 7) is 0.336. The highest BCUT2D eigenvalue weighted by Gasteiger charge is 2.32.